The van der Waals surface area contributed by atoms with Crippen molar-refractivity contribution < 1.29 is 9.59 Å². The summed E-state index contributed by atoms with van der Waals surface area (Å²) in [5, 5.41) is 6.75. The van der Waals surface area contributed by atoms with E-state index in [-0.39, 0.29) is 23.8 Å². The Morgan fingerprint density at radius 3 is 2.03 bits per heavy atom. The molecule has 2 heterocycles. The Bertz CT molecular complexity index is 964. The number of piperazine rings is 1. The zero-order valence-electron chi connectivity index (χ0n) is 17.7. The number of para-hydroxylation sites is 1. The average Bonchev–Trinajstić information content (AvgIpc) is 3.24. The fourth-order valence-electron chi connectivity index (χ4n) is 4.62. The predicted molar refractivity (Wildman–Crippen MR) is 121 cm³/mol. The fourth-order valence-corrected chi connectivity index (χ4v) is 4.62. The van der Waals surface area contributed by atoms with E-state index in [2.05, 4.69) is 12.1 Å². The van der Waals surface area contributed by atoms with Crippen molar-refractivity contribution in [3.63, 3.8) is 0 Å². The Hall–Kier alpha value is -3.15. The van der Waals surface area contributed by atoms with Crippen molar-refractivity contribution in [2.24, 2.45) is 11.0 Å². The molecule has 0 radical (unpaired) electrons. The van der Waals surface area contributed by atoms with Crippen molar-refractivity contribution in [1.29, 1.82) is 0 Å². The molecule has 0 aromatic heterocycles. The maximum Gasteiger partial charge on any atom is 0.270 e. The number of nitrogens with zero attached hydrogens (tertiary/aromatic N) is 4. The van der Waals surface area contributed by atoms with Gasteiger partial charge in [0.2, 0.25) is 5.91 Å². The Kier molecular flexibility index (Phi) is 5.45. The first-order chi connectivity index (χ1) is 15.2. The fraction of sp³-hybridized carbons (Fsp3) is 0.400. The highest BCUT2D eigenvalue weighted by Crippen LogP contribution is 2.35. The summed E-state index contributed by atoms with van der Waals surface area (Å²) in [6.45, 7) is 2.41. The van der Waals surface area contributed by atoms with Crippen LogP contribution in [-0.4, -0.2) is 53.5 Å². The van der Waals surface area contributed by atoms with E-state index in [4.69, 9.17) is 5.10 Å². The minimum Gasteiger partial charge on any atom is -0.339 e. The molecule has 2 aromatic rings. The minimum atomic E-state index is -0.00453. The first-order valence-corrected chi connectivity index (χ1v) is 11.3. The summed E-state index contributed by atoms with van der Waals surface area (Å²) in [5.41, 5.74) is 2.72. The quantitative estimate of drug-likeness (QED) is 0.767. The summed E-state index contributed by atoms with van der Waals surface area (Å²) in [4.78, 5) is 29.6. The molecule has 2 fully saturated rings. The topological polar surface area (TPSA) is 56.2 Å². The lowest BCUT2D eigenvalue weighted by Crippen LogP contribution is -2.53. The van der Waals surface area contributed by atoms with Gasteiger partial charge in [0.15, 0.2) is 0 Å². The summed E-state index contributed by atoms with van der Waals surface area (Å²) >= 11 is 0. The number of benzene rings is 2. The molecule has 0 N–H and O–H groups in total. The van der Waals surface area contributed by atoms with Gasteiger partial charge in [0.1, 0.15) is 5.71 Å². The molecule has 1 saturated carbocycles. The number of carbonyl (C=O) groups is 2. The van der Waals surface area contributed by atoms with E-state index in [1.54, 1.807) is 0 Å². The van der Waals surface area contributed by atoms with Gasteiger partial charge in [-0.2, -0.15) is 5.10 Å². The standard InChI is InChI=1S/C25H28N4O2/c30-24(20-10-7-11-20)27-14-16-28(17-15-27)25(31)22-18-23(19-8-3-1-4-9-19)29(26-22)21-12-5-2-6-13-21/h1-6,8-9,12-13,20,23H,7,10-11,14-18H2. The van der Waals surface area contributed by atoms with Gasteiger partial charge >= 0.3 is 0 Å². The van der Waals surface area contributed by atoms with Gasteiger partial charge in [-0.15, -0.1) is 0 Å². The number of hydrogen-bond acceptors (Lipinski definition) is 4. The van der Waals surface area contributed by atoms with Gasteiger partial charge in [-0.1, -0.05) is 55.0 Å². The van der Waals surface area contributed by atoms with Gasteiger partial charge < -0.3 is 9.80 Å². The lowest BCUT2D eigenvalue weighted by atomic mass is 9.84. The van der Waals surface area contributed by atoms with Crippen molar-refractivity contribution in [2.45, 2.75) is 31.7 Å². The van der Waals surface area contributed by atoms with Crippen LogP contribution in [0.3, 0.4) is 0 Å². The van der Waals surface area contributed by atoms with Crippen LogP contribution in [0.25, 0.3) is 0 Å². The molecule has 160 valence electrons. The molecule has 0 bridgehead atoms. The highest BCUT2D eigenvalue weighted by atomic mass is 16.2. The third kappa shape index (κ3) is 3.94. The Labute approximate surface area is 183 Å². The number of hydrazone groups is 1. The van der Waals surface area contributed by atoms with Crippen LogP contribution in [0.4, 0.5) is 5.69 Å². The van der Waals surface area contributed by atoms with Crippen molar-refractivity contribution in [3.8, 4) is 0 Å². The second-order valence-electron chi connectivity index (χ2n) is 8.60. The van der Waals surface area contributed by atoms with Gasteiger partial charge in [0.25, 0.3) is 5.91 Å². The number of rotatable bonds is 4. The second-order valence-corrected chi connectivity index (χ2v) is 8.60. The molecule has 1 unspecified atom stereocenters. The van der Waals surface area contributed by atoms with E-state index in [0.717, 1.165) is 30.5 Å². The second kappa shape index (κ2) is 8.53. The molecule has 6 nitrogen and oxygen atoms in total. The lowest BCUT2D eigenvalue weighted by Gasteiger charge is -2.38. The van der Waals surface area contributed by atoms with Crippen LogP contribution < -0.4 is 5.01 Å². The van der Waals surface area contributed by atoms with Crippen molar-refractivity contribution in [1.82, 2.24) is 9.80 Å². The van der Waals surface area contributed by atoms with Crippen LogP contribution in [-0.2, 0) is 9.59 Å². The maximum atomic E-state index is 13.3. The van der Waals surface area contributed by atoms with E-state index >= 15 is 0 Å². The summed E-state index contributed by atoms with van der Waals surface area (Å²) in [5.74, 6) is 0.485. The molecular formula is C25H28N4O2. The van der Waals surface area contributed by atoms with E-state index in [1.807, 2.05) is 63.3 Å². The molecular weight excluding hydrogens is 388 g/mol. The third-order valence-electron chi connectivity index (χ3n) is 6.70. The van der Waals surface area contributed by atoms with E-state index in [0.29, 0.717) is 38.3 Å². The van der Waals surface area contributed by atoms with Gasteiger partial charge in [-0.3, -0.25) is 14.6 Å². The van der Waals surface area contributed by atoms with E-state index in [1.165, 1.54) is 0 Å². The van der Waals surface area contributed by atoms with Gasteiger partial charge in [-0.25, -0.2) is 0 Å². The summed E-state index contributed by atoms with van der Waals surface area (Å²) in [6.07, 6.45) is 3.78. The van der Waals surface area contributed by atoms with Crippen molar-refractivity contribution in [2.75, 3.05) is 31.2 Å². The molecule has 1 atom stereocenters. The summed E-state index contributed by atoms with van der Waals surface area (Å²) in [6, 6.07) is 20.3. The lowest BCUT2D eigenvalue weighted by molar-refractivity contribution is -0.142. The molecule has 2 amide bonds. The number of hydrogen-bond donors (Lipinski definition) is 0. The first-order valence-electron chi connectivity index (χ1n) is 11.3. The highest BCUT2D eigenvalue weighted by Gasteiger charge is 2.36. The summed E-state index contributed by atoms with van der Waals surface area (Å²) < 4.78 is 0. The zero-order valence-corrected chi connectivity index (χ0v) is 17.7. The minimum absolute atomic E-state index is 0.00373. The largest absolute Gasteiger partial charge is 0.339 e. The number of anilines is 1. The monoisotopic (exact) mass is 416 g/mol. The number of carbonyl (C=O) groups excluding carboxylic acids is 2. The third-order valence-corrected chi connectivity index (χ3v) is 6.70. The molecule has 1 saturated heterocycles. The SMILES string of the molecule is O=C(C1=NN(c2ccccc2)C(c2ccccc2)C1)N1CCN(C(=O)C2CCC2)CC1. The van der Waals surface area contributed by atoms with Gasteiger partial charge in [0.05, 0.1) is 11.7 Å². The Morgan fingerprint density at radius 2 is 1.42 bits per heavy atom. The normalized spacial score (nSPS) is 21.6. The molecule has 5 rings (SSSR count). The van der Waals surface area contributed by atoms with E-state index < -0.39 is 0 Å². The van der Waals surface area contributed by atoms with Crippen LogP contribution in [0.2, 0.25) is 0 Å². The molecule has 2 aromatic carbocycles. The average molecular weight is 417 g/mol. The van der Waals surface area contributed by atoms with Gasteiger partial charge in [-0.05, 0) is 30.5 Å². The van der Waals surface area contributed by atoms with Crippen LogP contribution in [0.15, 0.2) is 65.8 Å². The molecule has 6 heteroatoms. The smallest absolute Gasteiger partial charge is 0.270 e. The summed E-state index contributed by atoms with van der Waals surface area (Å²) in [7, 11) is 0. The van der Waals surface area contributed by atoms with Crippen LogP contribution in [0, 0.1) is 5.92 Å². The predicted octanol–water partition coefficient (Wildman–Crippen LogP) is 3.46. The van der Waals surface area contributed by atoms with E-state index in [9.17, 15) is 9.59 Å². The Morgan fingerprint density at radius 1 is 0.806 bits per heavy atom. The van der Waals surface area contributed by atoms with Crippen LogP contribution in [0.5, 0.6) is 0 Å². The Balaban J connectivity index is 1.30. The zero-order chi connectivity index (χ0) is 21.2. The molecule has 31 heavy (non-hydrogen) atoms. The molecule has 1 aliphatic carbocycles. The van der Waals surface area contributed by atoms with Crippen LogP contribution >= 0.6 is 0 Å². The molecule has 0 spiro atoms. The first kappa shape index (κ1) is 19.8. The van der Waals surface area contributed by atoms with Crippen molar-refractivity contribution >= 4 is 23.2 Å². The highest BCUT2D eigenvalue weighted by molar-refractivity contribution is 6.39. The van der Waals surface area contributed by atoms with Crippen LogP contribution in [0.1, 0.15) is 37.3 Å². The van der Waals surface area contributed by atoms with Crippen molar-refractivity contribution in [3.05, 3.63) is 66.2 Å². The number of amides is 2. The van der Waals surface area contributed by atoms with Gasteiger partial charge in [0, 0.05) is 38.5 Å². The maximum absolute atomic E-state index is 13.3. The molecule has 2 aliphatic heterocycles. The molecule has 3 aliphatic rings.